The molecule has 2 N–H and O–H groups in total. The number of rotatable bonds is 1. The molecule has 0 saturated heterocycles. The number of imidazole rings is 1. The summed E-state index contributed by atoms with van der Waals surface area (Å²) < 4.78 is 15.6. The topological polar surface area (TPSA) is 92.9 Å². The van der Waals surface area contributed by atoms with Crippen LogP contribution in [0.25, 0.3) is 22.6 Å². The average molecular weight is 290 g/mol. The van der Waals surface area contributed by atoms with Crippen molar-refractivity contribution in [1.82, 2.24) is 19.1 Å². The molecule has 0 aliphatic carbocycles. The van der Waals surface area contributed by atoms with Gasteiger partial charge in [0.2, 0.25) is 0 Å². The molecule has 0 atom stereocenters. The minimum absolute atomic E-state index is 0.156. The van der Waals surface area contributed by atoms with Gasteiger partial charge < -0.3 is 10.1 Å². The van der Waals surface area contributed by atoms with E-state index < -0.39 is 22.8 Å². The molecule has 3 rings (SSSR count). The third-order valence-corrected chi connectivity index (χ3v) is 3.32. The van der Waals surface area contributed by atoms with E-state index in [1.54, 1.807) is 0 Å². The maximum Gasteiger partial charge on any atom is 0.332 e. The molecule has 3 aromatic rings. The summed E-state index contributed by atoms with van der Waals surface area (Å²) in [5.41, 5.74) is -0.306. The Morgan fingerprint density at radius 1 is 1.24 bits per heavy atom. The van der Waals surface area contributed by atoms with E-state index in [2.05, 4.69) is 9.97 Å². The monoisotopic (exact) mass is 290 g/mol. The molecule has 0 aliphatic heterocycles. The lowest BCUT2D eigenvalue weighted by Crippen LogP contribution is -2.36. The van der Waals surface area contributed by atoms with Crippen LogP contribution in [0.5, 0.6) is 5.75 Å². The lowest BCUT2D eigenvalue weighted by atomic mass is 10.2. The van der Waals surface area contributed by atoms with Gasteiger partial charge in [-0.1, -0.05) is 0 Å². The third kappa shape index (κ3) is 1.83. The van der Waals surface area contributed by atoms with Gasteiger partial charge in [0.1, 0.15) is 11.3 Å². The highest BCUT2D eigenvalue weighted by atomic mass is 19.1. The molecule has 0 aliphatic rings. The second-order valence-electron chi connectivity index (χ2n) is 4.66. The molecular weight excluding hydrogens is 279 g/mol. The molecule has 2 aromatic heterocycles. The summed E-state index contributed by atoms with van der Waals surface area (Å²) in [6.07, 6.45) is 0. The second kappa shape index (κ2) is 4.30. The first kappa shape index (κ1) is 13.1. The third-order valence-electron chi connectivity index (χ3n) is 3.32. The number of phenolic OH excluding ortho intramolecular Hbond substituents is 1. The van der Waals surface area contributed by atoms with Crippen LogP contribution >= 0.6 is 0 Å². The predicted octanol–water partition coefficient (Wildman–Crippen LogP) is 0.472. The number of nitrogens with one attached hydrogen (secondary N) is 1. The van der Waals surface area contributed by atoms with Crippen molar-refractivity contribution in [3.05, 3.63) is 44.9 Å². The van der Waals surface area contributed by atoms with E-state index in [4.69, 9.17) is 0 Å². The lowest BCUT2D eigenvalue weighted by molar-refractivity contribution is 0.432. The Hall–Kier alpha value is -2.90. The van der Waals surface area contributed by atoms with Gasteiger partial charge in [0.05, 0.1) is 0 Å². The predicted molar refractivity (Wildman–Crippen MR) is 73.6 cm³/mol. The normalized spacial score (nSPS) is 11.2. The molecule has 1 aromatic carbocycles. The molecule has 0 amide bonds. The molecule has 8 heteroatoms. The molecule has 7 nitrogen and oxygen atoms in total. The Labute approximate surface area is 116 Å². The number of aromatic hydroxyl groups is 1. The summed E-state index contributed by atoms with van der Waals surface area (Å²) in [4.78, 5) is 30.8. The number of nitrogens with zero attached hydrogens (tertiary/aromatic N) is 3. The fourth-order valence-corrected chi connectivity index (χ4v) is 2.12. The molecular formula is C13H11FN4O3. The number of benzene rings is 1. The van der Waals surface area contributed by atoms with Gasteiger partial charge >= 0.3 is 5.69 Å². The SMILES string of the molecule is Cn1c(=O)c2[nH]c(-c3ccc(O)c(F)c3)nc2n(C)c1=O. The van der Waals surface area contributed by atoms with E-state index in [1.807, 2.05) is 0 Å². The highest BCUT2D eigenvalue weighted by Crippen LogP contribution is 2.23. The van der Waals surface area contributed by atoms with E-state index >= 15 is 0 Å². The van der Waals surface area contributed by atoms with Crippen molar-refractivity contribution >= 4 is 11.2 Å². The van der Waals surface area contributed by atoms with Crippen molar-refractivity contribution in [2.75, 3.05) is 0 Å². The van der Waals surface area contributed by atoms with Gasteiger partial charge in [-0.25, -0.2) is 14.2 Å². The fraction of sp³-hybridized carbons (Fsp3) is 0.154. The van der Waals surface area contributed by atoms with Gasteiger partial charge in [-0.3, -0.25) is 13.9 Å². The standard InChI is InChI=1S/C13H11FN4O3/c1-17-11-9(12(20)18(2)13(17)21)15-10(16-11)6-3-4-8(19)7(14)5-6/h3-5,19H,1-2H3,(H,15,16). The van der Waals surface area contributed by atoms with Crippen LogP contribution in [0.3, 0.4) is 0 Å². The van der Waals surface area contributed by atoms with Crippen LogP contribution < -0.4 is 11.2 Å². The van der Waals surface area contributed by atoms with Crippen LogP contribution in [-0.4, -0.2) is 24.2 Å². The summed E-state index contributed by atoms with van der Waals surface area (Å²) in [7, 11) is 2.86. The fourth-order valence-electron chi connectivity index (χ4n) is 2.12. The van der Waals surface area contributed by atoms with Gasteiger partial charge in [0, 0.05) is 19.7 Å². The van der Waals surface area contributed by atoms with E-state index in [0.29, 0.717) is 5.56 Å². The molecule has 21 heavy (non-hydrogen) atoms. The maximum absolute atomic E-state index is 13.4. The van der Waals surface area contributed by atoms with E-state index in [9.17, 15) is 19.1 Å². The largest absolute Gasteiger partial charge is 0.505 e. The Bertz CT molecular complexity index is 983. The molecule has 2 heterocycles. The van der Waals surface area contributed by atoms with Gasteiger partial charge in [0.15, 0.2) is 17.2 Å². The van der Waals surface area contributed by atoms with Crippen molar-refractivity contribution in [2.45, 2.75) is 0 Å². The van der Waals surface area contributed by atoms with Crippen molar-refractivity contribution in [1.29, 1.82) is 0 Å². The molecule has 0 spiro atoms. The number of halogens is 1. The van der Waals surface area contributed by atoms with Crippen LogP contribution in [0, 0.1) is 5.82 Å². The number of aromatic amines is 1. The number of phenols is 1. The molecule has 0 radical (unpaired) electrons. The molecule has 108 valence electrons. The van der Waals surface area contributed by atoms with Crippen molar-refractivity contribution in [3.8, 4) is 17.1 Å². The maximum atomic E-state index is 13.4. The van der Waals surface area contributed by atoms with E-state index in [-0.39, 0.29) is 17.0 Å². The van der Waals surface area contributed by atoms with Crippen LogP contribution in [0.2, 0.25) is 0 Å². The highest BCUT2D eigenvalue weighted by molar-refractivity contribution is 5.75. The number of aryl methyl sites for hydroxylation is 1. The lowest BCUT2D eigenvalue weighted by Gasteiger charge is -2.00. The number of hydrogen-bond donors (Lipinski definition) is 2. The van der Waals surface area contributed by atoms with Crippen molar-refractivity contribution in [3.63, 3.8) is 0 Å². The number of hydrogen-bond acceptors (Lipinski definition) is 4. The first-order valence-electron chi connectivity index (χ1n) is 6.04. The number of H-pyrrole nitrogens is 1. The zero-order valence-electron chi connectivity index (χ0n) is 11.2. The zero-order chi connectivity index (χ0) is 15.3. The Balaban J connectivity index is 2.34. The van der Waals surface area contributed by atoms with Crippen LogP contribution in [0.15, 0.2) is 27.8 Å². The highest BCUT2D eigenvalue weighted by Gasteiger charge is 2.15. The average Bonchev–Trinajstić information content (AvgIpc) is 2.91. The Kier molecular flexibility index (Phi) is 2.68. The van der Waals surface area contributed by atoms with Crippen LogP contribution in [0.1, 0.15) is 0 Å². The Morgan fingerprint density at radius 2 is 1.95 bits per heavy atom. The summed E-state index contributed by atoms with van der Waals surface area (Å²) >= 11 is 0. The first-order valence-corrected chi connectivity index (χ1v) is 6.04. The minimum Gasteiger partial charge on any atom is -0.505 e. The summed E-state index contributed by atoms with van der Waals surface area (Å²) in [5, 5.41) is 9.19. The van der Waals surface area contributed by atoms with E-state index in [0.717, 1.165) is 10.6 Å². The minimum atomic E-state index is -0.797. The molecule has 0 saturated carbocycles. The summed E-state index contributed by atoms with van der Waals surface area (Å²) in [6, 6.07) is 3.74. The summed E-state index contributed by atoms with van der Waals surface area (Å²) in [6.45, 7) is 0. The van der Waals surface area contributed by atoms with Crippen molar-refractivity contribution < 1.29 is 9.50 Å². The van der Waals surface area contributed by atoms with Crippen LogP contribution in [-0.2, 0) is 14.1 Å². The summed E-state index contributed by atoms with van der Waals surface area (Å²) in [5.74, 6) is -1.03. The number of fused-ring (bicyclic) bond motifs is 1. The van der Waals surface area contributed by atoms with Gasteiger partial charge in [-0.05, 0) is 18.2 Å². The Morgan fingerprint density at radius 3 is 2.62 bits per heavy atom. The smallest absolute Gasteiger partial charge is 0.332 e. The van der Waals surface area contributed by atoms with Gasteiger partial charge in [0.25, 0.3) is 5.56 Å². The van der Waals surface area contributed by atoms with Gasteiger partial charge in [-0.15, -0.1) is 0 Å². The van der Waals surface area contributed by atoms with Crippen molar-refractivity contribution in [2.24, 2.45) is 14.1 Å². The van der Waals surface area contributed by atoms with E-state index in [1.165, 1.54) is 30.8 Å². The second-order valence-corrected chi connectivity index (χ2v) is 4.66. The quantitative estimate of drug-likeness (QED) is 0.681. The molecule has 0 bridgehead atoms. The molecule has 0 fully saturated rings. The van der Waals surface area contributed by atoms with Gasteiger partial charge in [-0.2, -0.15) is 0 Å². The molecule has 0 unspecified atom stereocenters. The van der Waals surface area contributed by atoms with Crippen LogP contribution in [0.4, 0.5) is 4.39 Å². The first-order chi connectivity index (χ1) is 9.90. The number of aromatic nitrogens is 4. The zero-order valence-corrected chi connectivity index (χ0v) is 11.2.